The maximum Gasteiger partial charge on any atom is 0.342 e. The van der Waals surface area contributed by atoms with Crippen molar-refractivity contribution in [3.8, 4) is 0 Å². The van der Waals surface area contributed by atoms with Gasteiger partial charge in [-0.25, -0.2) is 13.2 Å². The third-order valence-corrected chi connectivity index (χ3v) is 4.21. The van der Waals surface area contributed by atoms with Gasteiger partial charge in [-0.1, -0.05) is 0 Å². The average molecular weight is 291 g/mol. The van der Waals surface area contributed by atoms with Crippen LogP contribution in [-0.2, 0) is 19.5 Å². The highest BCUT2D eigenvalue weighted by Crippen LogP contribution is 2.17. The van der Waals surface area contributed by atoms with E-state index in [0.29, 0.717) is 0 Å². The van der Waals surface area contributed by atoms with Crippen LogP contribution in [0.3, 0.4) is 0 Å². The SMILES string of the molecule is CCOC(=O)c1cn[nH]c1S(=O)(=O)N(C)CCOC. The number of H-pyrrole nitrogens is 1. The smallest absolute Gasteiger partial charge is 0.342 e. The lowest BCUT2D eigenvalue weighted by Gasteiger charge is -2.15. The van der Waals surface area contributed by atoms with E-state index in [-0.39, 0.29) is 30.3 Å². The van der Waals surface area contributed by atoms with Crippen molar-refractivity contribution in [2.24, 2.45) is 0 Å². The Balaban J connectivity index is 3.02. The van der Waals surface area contributed by atoms with Gasteiger partial charge >= 0.3 is 5.97 Å². The topological polar surface area (TPSA) is 102 Å². The van der Waals surface area contributed by atoms with Crippen LogP contribution in [0, 0.1) is 0 Å². The van der Waals surface area contributed by atoms with E-state index < -0.39 is 16.0 Å². The number of carbonyl (C=O) groups excluding carboxylic acids is 1. The van der Waals surface area contributed by atoms with Gasteiger partial charge in [0.05, 0.1) is 19.4 Å². The van der Waals surface area contributed by atoms with E-state index in [1.165, 1.54) is 14.2 Å². The first kappa shape index (κ1) is 15.6. The number of hydrogen-bond donors (Lipinski definition) is 1. The molecule has 0 spiro atoms. The summed E-state index contributed by atoms with van der Waals surface area (Å²) in [6.07, 6.45) is 1.13. The second kappa shape index (κ2) is 6.64. The monoisotopic (exact) mass is 291 g/mol. The molecule has 0 aliphatic heterocycles. The standard InChI is InChI=1S/C10H17N3O5S/c1-4-18-10(14)8-7-11-12-9(8)19(15,16)13(2)5-6-17-3/h7H,4-6H2,1-3H3,(H,11,12). The Morgan fingerprint density at radius 3 is 2.79 bits per heavy atom. The van der Waals surface area contributed by atoms with Crippen LogP contribution in [0.5, 0.6) is 0 Å². The Hall–Kier alpha value is -1.45. The number of nitrogens with one attached hydrogen (secondary N) is 1. The zero-order valence-electron chi connectivity index (χ0n) is 11.0. The van der Waals surface area contributed by atoms with Crippen molar-refractivity contribution in [3.05, 3.63) is 11.8 Å². The van der Waals surface area contributed by atoms with E-state index in [0.717, 1.165) is 10.5 Å². The summed E-state index contributed by atoms with van der Waals surface area (Å²) < 4.78 is 35.1. The number of esters is 1. The molecule has 0 aliphatic rings. The van der Waals surface area contributed by atoms with Gasteiger partial charge in [0, 0.05) is 20.7 Å². The summed E-state index contributed by atoms with van der Waals surface area (Å²) in [5.41, 5.74) is -0.105. The molecule has 9 heteroatoms. The Labute approximate surface area is 111 Å². The maximum atomic E-state index is 12.2. The van der Waals surface area contributed by atoms with E-state index >= 15 is 0 Å². The van der Waals surface area contributed by atoms with Crippen LogP contribution < -0.4 is 0 Å². The summed E-state index contributed by atoms with van der Waals surface area (Å²) in [6.45, 7) is 2.21. The third kappa shape index (κ3) is 3.52. The molecule has 1 rings (SSSR count). The molecule has 0 unspecified atom stereocenters. The van der Waals surface area contributed by atoms with Gasteiger partial charge in [-0.2, -0.15) is 9.40 Å². The number of rotatable bonds is 7. The first-order valence-electron chi connectivity index (χ1n) is 5.60. The lowest BCUT2D eigenvalue weighted by atomic mass is 10.4. The van der Waals surface area contributed by atoms with Gasteiger partial charge in [0.15, 0.2) is 5.03 Å². The summed E-state index contributed by atoms with van der Waals surface area (Å²) in [5, 5.41) is 5.64. The molecule has 0 bridgehead atoms. The Bertz CT molecular complexity index is 525. The van der Waals surface area contributed by atoms with Crippen molar-refractivity contribution in [2.45, 2.75) is 11.9 Å². The second-order valence-corrected chi connectivity index (χ2v) is 5.63. The molecule has 108 valence electrons. The first-order chi connectivity index (χ1) is 8.95. The summed E-state index contributed by atoms with van der Waals surface area (Å²) in [5.74, 6) is -0.727. The van der Waals surface area contributed by atoms with Crippen molar-refractivity contribution in [3.63, 3.8) is 0 Å². The average Bonchev–Trinajstić information content (AvgIpc) is 2.85. The van der Waals surface area contributed by atoms with Crippen LogP contribution in [0.25, 0.3) is 0 Å². The van der Waals surface area contributed by atoms with Crippen LogP contribution in [0.15, 0.2) is 11.2 Å². The molecule has 0 fully saturated rings. The summed E-state index contributed by atoms with van der Waals surface area (Å²) in [4.78, 5) is 11.6. The number of methoxy groups -OCH3 is 1. The van der Waals surface area contributed by atoms with Crippen LogP contribution in [0.4, 0.5) is 0 Å². The van der Waals surface area contributed by atoms with Crippen molar-refractivity contribution in [1.82, 2.24) is 14.5 Å². The van der Waals surface area contributed by atoms with E-state index in [1.807, 2.05) is 0 Å². The molecule has 0 aromatic carbocycles. The van der Waals surface area contributed by atoms with Crippen molar-refractivity contribution in [1.29, 1.82) is 0 Å². The lowest BCUT2D eigenvalue weighted by Crippen LogP contribution is -2.31. The molecule has 0 atom stereocenters. The van der Waals surface area contributed by atoms with Gasteiger partial charge in [-0.3, -0.25) is 5.10 Å². The van der Waals surface area contributed by atoms with Crippen molar-refractivity contribution in [2.75, 3.05) is 33.9 Å². The molecule has 0 aliphatic carbocycles. The molecular weight excluding hydrogens is 274 g/mol. The molecule has 0 amide bonds. The molecule has 0 saturated carbocycles. The Morgan fingerprint density at radius 2 is 2.21 bits per heavy atom. The van der Waals surface area contributed by atoms with Crippen LogP contribution in [0.2, 0.25) is 0 Å². The van der Waals surface area contributed by atoms with E-state index in [4.69, 9.17) is 9.47 Å². The number of aromatic nitrogens is 2. The third-order valence-electron chi connectivity index (χ3n) is 2.38. The number of hydrogen-bond acceptors (Lipinski definition) is 6. The van der Waals surface area contributed by atoms with Crippen LogP contribution in [0.1, 0.15) is 17.3 Å². The number of carbonyl (C=O) groups is 1. The molecule has 1 N–H and O–H groups in total. The fourth-order valence-electron chi connectivity index (χ4n) is 1.32. The predicted octanol–water partition coefficient (Wildman–Crippen LogP) is -0.147. The minimum atomic E-state index is -3.83. The van der Waals surface area contributed by atoms with E-state index in [9.17, 15) is 13.2 Å². The number of likely N-dealkylation sites (N-methyl/N-ethyl adjacent to an activating group) is 1. The summed E-state index contributed by atoms with van der Waals surface area (Å²) in [6, 6.07) is 0. The Kier molecular flexibility index (Phi) is 5.45. The molecule has 1 heterocycles. The zero-order valence-corrected chi connectivity index (χ0v) is 11.9. The highest BCUT2D eigenvalue weighted by Gasteiger charge is 2.29. The molecule has 0 saturated heterocycles. The van der Waals surface area contributed by atoms with Crippen molar-refractivity contribution >= 4 is 16.0 Å². The van der Waals surface area contributed by atoms with Gasteiger partial charge < -0.3 is 9.47 Å². The summed E-state index contributed by atoms with van der Waals surface area (Å²) in [7, 11) is -0.962. The highest BCUT2D eigenvalue weighted by atomic mass is 32.2. The maximum absolute atomic E-state index is 12.2. The van der Waals surface area contributed by atoms with Gasteiger partial charge in [0.25, 0.3) is 10.0 Å². The molecule has 0 radical (unpaired) electrons. The first-order valence-corrected chi connectivity index (χ1v) is 7.04. The lowest BCUT2D eigenvalue weighted by molar-refractivity contribution is 0.0521. The fourth-order valence-corrected chi connectivity index (χ4v) is 2.53. The molecule has 8 nitrogen and oxygen atoms in total. The predicted molar refractivity (Wildman–Crippen MR) is 66.2 cm³/mol. The quantitative estimate of drug-likeness (QED) is 0.701. The number of sulfonamides is 1. The van der Waals surface area contributed by atoms with Crippen LogP contribution in [-0.4, -0.2) is 62.8 Å². The van der Waals surface area contributed by atoms with Gasteiger partial charge in [0.2, 0.25) is 0 Å². The summed E-state index contributed by atoms with van der Waals surface area (Å²) >= 11 is 0. The van der Waals surface area contributed by atoms with Gasteiger partial charge in [-0.05, 0) is 6.92 Å². The molecule has 1 aromatic rings. The van der Waals surface area contributed by atoms with E-state index in [1.54, 1.807) is 6.92 Å². The van der Waals surface area contributed by atoms with Crippen LogP contribution >= 0.6 is 0 Å². The van der Waals surface area contributed by atoms with Crippen molar-refractivity contribution < 1.29 is 22.7 Å². The van der Waals surface area contributed by atoms with E-state index in [2.05, 4.69) is 10.2 Å². The molecule has 1 aromatic heterocycles. The second-order valence-electron chi connectivity index (χ2n) is 3.65. The number of nitrogens with zero attached hydrogens (tertiary/aromatic N) is 2. The fraction of sp³-hybridized carbons (Fsp3) is 0.600. The molecule has 19 heavy (non-hydrogen) atoms. The minimum Gasteiger partial charge on any atom is -0.462 e. The molecular formula is C10H17N3O5S. The largest absolute Gasteiger partial charge is 0.462 e. The van der Waals surface area contributed by atoms with Gasteiger partial charge in [0.1, 0.15) is 5.56 Å². The number of ether oxygens (including phenoxy) is 2. The number of aromatic amines is 1. The Morgan fingerprint density at radius 1 is 1.53 bits per heavy atom. The zero-order chi connectivity index (χ0) is 14.5. The minimum absolute atomic E-state index is 0.105. The van der Waals surface area contributed by atoms with Gasteiger partial charge in [-0.15, -0.1) is 0 Å². The highest BCUT2D eigenvalue weighted by molar-refractivity contribution is 7.89. The normalized spacial score (nSPS) is 11.8.